The molecule has 0 aliphatic carbocycles. The van der Waals surface area contributed by atoms with Crippen molar-refractivity contribution in [2.75, 3.05) is 0 Å². The molecule has 14 heavy (non-hydrogen) atoms. The van der Waals surface area contributed by atoms with E-state index in [4.69, 9.17) is 10.2 Å². The lowest BCUT2D eigenvalue weighted by Crippen LogP contribution is -2.14. The van der Waals surface area contributed by atoms with Crippen LogP contribution in [0.15, 0.2) is 47.4 Å². The first-order valence-corrected chi connectivity index (χ1v) is 4.54. The van der Waals surface area contributed by atoms with Crippen molar-refractivity contribution in [1.82, 2.24) is 4.98 Å². The van der Waals surface area contributed by atoms with Crippen LogP contribution in [0.1, 0.15) is 17.3 Å². The van der Waals surface area contributed by atoms with Gasteiger partial charge >= 0.3 is 0 Å². The predicted molar refractivity (Wildman–Crippen MR) is 53.6 cm³/mol. The highest BCUT2D eigenvalue weighted by molar-refractivity contribution is 5.14. The van der Waals surface area contributed by atoms with Gasteiger partial charge < -0.3 is 10.2 Å². The quantitative estimate of drug-likeness (QED) is 0.800. The van der Waals surface area contributed by atoms with Crippen LogP contribution in [0.4, 0.5) is 0 Å². The van der Waals surface area contributed by atoms with E-state index in [1.165, 1.54) is 0 Å². The minimum absolute atomic E-state index is 0.0613. The summed E-state index contributed by atoms with van der Waals surface area (Å²) < 4.78 is 4.98. The molecule has 0 saturated carbocycles. The lowest BCUT2D eigenvalue weighted by atomic mass is 10.1. The van der Waals surface area contributed by atoms with Crippen molar-refractivity contribution < 1.29 is 4.42 Å². The van der Waals surface area contributed by atoms with Gasteiger partial charge in [-0.25, -0.2) is 0 Å². The Balaban J connectivity index is 2.07. The van der Waals surface area contributed by atoms with Crippen LogP contribution in [0.3, 0.4) is 0 Å². The lowest BCUT2D eigenvalue weighted by molar-refractivity contribution is 0.560. The molecule has 72 valence electrons. The fourth-order valence-corrected chi connectivity index (χ4v) is 1.36. The molecular formula is C11H12N2O. The van der Waals surface area contributed by atoms with E-state index >= 15 is 0 Å². The molecule has 1 unspecified atom stereocenters. The Kier molecular flexibility index (Phi) is 2.60. The number of rotatable bonds is 3. The molecule has 3 heteroatoms. The van der Waals surface area contributed by atoms with E-state index < -0.39 is 0 Å². The van der Waals surface area contributed by atoms with Gasteiger partial charge in [0.15, 0.2) is 0 Å². The highest BCUT2D eigenvalue weighted by Crippen LogP contribution is 2.13. The summed E-state index contributed by atoms with van der Waals surface area (Å²) in [6.45, 7) is 0. The maximum Gasteiger partial charge on any atom is 0.0935 e. The van der Waals surface area contributed by atoms with E-state index in [-0.39, 0.29) is 6.04 Å². The molecule has 0 aliphatic rings. The number of hydrogen-bond acceptors (Lipinski definition) is 3. The van der Waals surface area contributed by atoms with Gasteiger partial charge in [-0.1, -0.05) is 6.07 Å². The monoisotopic (exact) mass is 188 g/mol. The molecule has 0 spiro atoms. The van der Waals surface area contributed by atoms with Crippen molar-refractivity contribution in [3.05, 3.63) is 54.2 Å². The largest absolute Gasteiger partial charge is 0.472 e. The Hall–Kier alpha value is -1.61. The van der Waals surface area contributed by atoms with Crippen LogP contribution < -0.4 is 5.73 Å². The molecule has 0 saturated heterocycles. The third-order valence-corrected chi connectivity index (χ3v) is 2.10. The van der Waals surface area contributed by atoms with Gasteiger partial charge in [0.25, 0.3) is 0 Å². The number of aromatic nitrogens is 1. The molecule has 2 aromatic heterocycles. The summed E-state index contributed by atoms with van der Waals surface area (Å²) in [5.41, 5.74) is 7.99. The van der Waals surface area contributed by atoms with Crippen LogP contribution in [0.2, 0.25) is 0 Å². The molecule has 2 N–H and O–H groups in total. The maximum absolute atomic E-state index is 5.98. The second-order valence-electron chi connectivity index (χ2n) is 3.20. The van der Waals surface area contributed by atoms with Crippen LogP contribution in [-0.4, -0.2) is 4.98 Å². The predicted octanol–water partition coefficient (Wildman–Crippen LogP) is 1.92. The molecule has 0 fully saturated rings. The van der Waals surface area contributed by atoms with Crippen LogP contribution in [0.25, 0.3) is 0 Å². The second-order valence-corrected chi connectivity index (χ2v) is 3.20. The molecule has 0 bridgehead atoms. The zero-order valence-electron chi connectivity index (χ0n) is 7.76. The number of hydrogen-bond donors (Lipinski definition) is 1. The van der Waals surface area contributed by atoms with Crippen molar-refractivity contribution in [2.24, 2.45) is 5.73 Å². The summed E-state index contributed by atoms with van der Waals surface area (Å²) in [5.74, 6) is 0. The third-order valence-electron chi connectivity index (χ3n) is 2.10. The Labute approximate surface area is 82.6 Å². The first kappa shape index (κ1) is 8.97. The van der Waals surface area contributed by atoms with Crippen LogP contribution in [-0.2, 0) is 6.42 Å². The number of pyridine rings is 1. The minimum Gasteiger partial charge on any atom is -0.472 e. The molecule has 0 amide bonds. The molecule has 2 aromatic rings. The van der Waals surface area contributed by atoms with Gasteiger partial charge in [0.2, 0.25) is 0 Å². The highest BCUT2D eigenvalue weighted by Gasteiger charge is 2.08. The molecule has 2 rings (SSSR count). The normalized spacial score (nSPS) is 12.6. The molecule has 0 aliphatic heterocycles. The van der Waals surface area contributed by atoms with E-state index in [1.54, 1.807) is 18.7 Å². The van der Waals surface area contributed by atoms with Crippen LogP contribution in [0.5, 0.6) is 0 Å². The highest BCUT2D eigenvalue weighted by atomic mass is 16.3. The molecular weight excluding hydrogens is 176 g/mol. The summed E-state index contributed by atoms with van der Waals surface area (Å²) in [5, 5.41) is 0. The van der Waals surface area contributed by atoms with Gasteiger partial charge in [0, 0.05) is 6.20 Å². The van der Waals surface area contributed by atoms with E-state index in [9.17, 15) is 0 Å². The standard InChI is InChI=1S/C11H12N2O/c12-10(7-9-4-6-14-8-9)11-3-1-2-5-13-11/h1-6,8,10H,7,12H2. The Bertz CT molecular complexity index is 369. The molecule has 0 radical (unpaired) electrons. The second kappa shape index (κ2) is 4.07. The Morgan fingerprint density at radius 2 is 2.29 bits per heavy atom. The molecule has 1 atom stereocenters. The Morgan fingerprint density at radius 1 is 1.36 bits per heavy atom. The van der Waals surface area contributed by atoms with E-state index in [0.717, 1.165) is 17.7 Å². The first-order chi connectivity index (χ1) is 6.86. The van der Waals surface area contributed by atoms with E-state index in [1.807, 2.05) is 24.3 Å². The average Bonchev–Trinajstić information content (AvgIpc) is 2.72. The summed E-state index contributed by atoms with van der Waals surface area (Å²) in [7, 11) is 0. The van der Waals surface area contributed by atoms with E-state index in [2.05, 4.69) is 4.98 Å². The van der Waals surface area contributed by atoms with Gasteiger partial charge in [0.05, 0.1) is 24.3 Å². The average molecular weight is 188 g/mol. The number of nitrogens with zero attached hydrogens (tertiary/aromatic N) is 1. The van der Waals surface area contributed by atoms with Gasteiger partial charge in [-0.2, -0.15) is 0 Å². The topological polar surface area (TPSA) is 52.0 Å². The fourth-order valence-electron chi connectivity index (χ4n) is 1.36. The SMILES string of the molecule is NC(Cc1ccoc1)c1ccccn1. The van der Waals surface area contributed by atoms with Crippen molar-refractivity contribution in [3.63, 3.8) is 0 Å². The van der Waals surface area contributed by atoms with Crippen molar-refractivity contribution in [1.29, 1.82) is 0 Å². The fraction of sp³-hybridized carbons (Fsp3) is 0.182. The summed E-state index contributed by atoms with van der Waals surface area (Å²) in [6.07, 6.45) is 5.88. The summed E-state index contributed by atoms with van der Waals surface area (Å²) >= 11 is 0. The van der Waals surface area contributed by atoms with Gasteiger partial charge in [-0.05, 0) is 30.2 Å². The number of furan rings is 1. The summed E-state index contributed by atoms with van der Waals surface area (Å²) in [4.78, 5) is 4.20. The zero-order chi connectivity index (χ0) is 9.80. The van der Waals surface area contributed by atoms with Crippen molar-refractivity contribution in [2.45, 2.75) is 12.5 Å². The zero-order valence-corrected chi connectivity index (χ0v) is 7.76. The van der Waals surface area contributed by atoms with Gasteiger partial charge in [-0.3, -0.25) is 4.98 Å². The smallest absolute Gasteiger partial charge is 0.0935 e. The van der Waals surface area contributed by atoms with Crippen LogP contribution in [0, 0.1) is 0 Å². The Morgan fingerprint density at radius 3 is 2.93 bits per heavy atom. The number of nitrogens with two attached hydrogens (primary N) is 1. The van der Waals surface area contributed by atoms with Crippen molar-refractivity contribution >= 4 is 0 Å². The minimum atomic E-state index is -0.0613. The molecule has 3 nitrogen and oxygen atoms in total. The summed E-state index contributed by atoms with van der Waals surface area (Å²) in [6, 6.07) is 7.62. The van der Waals surface area contributed by atoms with Crippen LogP contribution >= 0.6 is 0 Å². The molecule has 2 heterocycles. The van der Waals surface area contributed by atoms with Gasteiger partial charge in [0.1, 0.15) is 0 Å². The first-order valence-electron chi connectivity index (χ1n) is 4.54. The third kappa shape index (κ3) is 2.00. The van der Waals surface area contributed by atoms with Gasteiger partial charge in [-0.15, -0.1) is 0 Å². The maximum atomic E-state index is 5.98. The van der Waals surface area contributed by atoms with E-state index in [0.29, 0.717) is 0 Å². The molecule has 0 aromatic carbocycles. The lowest BCUT2D eigenvalue weighted by Gasteiger charge is -2.08. The van der Waals surface area contributed by atoms with Crippen molar-refractivity contribution in [3.8, 4) is 0 Å².